The summed E-state index contributed by atoms with van der Waals surface area (Å²) in [5, 5.41) is 11.3. The number of anilines is 1. The molecule has 1 aliphatic heterocycles. The number of nitro groups is 1. The van der Waals surface area contributed by atoms with Crippen LogP contribution in [0.1, 0.15) is 18.9 Å². The van der Waals surface area contributed by atoms with Gasteiger partial charge in [0.25, 0.3) is 5.69 Å². The van der Waals surface area contributed by atoms with Gasteiger partial charge >= 0.3 is 12.1 Å². The van der Waals surface area contributed by atoms with Crippen molar-refractivity contribution in [3.63, 3.8) is 0 Å². The molecule has 1 aromatic carbocycles. The number of rotatable bonds is 5. The Balaban J connectivity index is 2.15. The number of carbonyl (C=O) groups excluding carboxylic acids is 1. The monoisotopic (exact) mass is 375 g/mol. The van der Waals surface area contributed by atoms with Crippen molar-refractivity contribution in [1.29, 1.82) is 0 Å². The van der Waals surface area contributed by atoms with E-state index in [0.717, 1.165) is 12.1 Å². The Morgan fingerprint density at radius 3 is 2.62 bits per heavy atom. The first-order valence-corrected chi connectivity index (χ1v) is 8.21. The highest BCUT2D eigenvalue weighted by atomic mass is 19.4. The Hall–Kier alpha value is -2.36. The van der Waals surface area contributed by atoms with Crippen LogP contribution in [0.5, 0.6) is 0 Å². The van der Waals surface area contributed by atoms with Crippen molar-refractivity contribution in [3.8, 4) is 0 Å². The standard InChI is InChI=1S/C16H20F3N3O4/c1-2-26-15(23)11-20-6-3-7-21(9-8-20)13-5-4-12(16(17,18)19)10-14(13)22(24)25/h4-5,10H,2-3,6-9,11H2,1H3. The number of nitrogens with zero attached hydrogens (tertiary/aromatic N) is 3. The molecule has 0 bridgehead atoms. The van der Waals surface area contributed by atoms with Gasteiger partial charge in [-0.3, -0.25) is 19.8 Å². The fraction of sp³-hybridized carbons (Fsp3) is 0.562. The Bertz CT molecular complexity index is 667. The summed E-state index contributed by atoms with van der Waals surface area (Å²) in [6, 6.07) is 2.56. The van der Waals surface area contributed by atoms with Crippen LogP contribution in [-0.4, -0.2) is 55.1 Å². The average Bonchev–Trinajstić information content (AvgIpc) is 2.79. The number of nitro benzene ring substituents is 1. The van der Waals surface area contributed by atoms with Crippen LogP contribution in [-0.2, 0) is 15.7 Å². The Morgan fingerprint density at radius 1 is 1.27 bits per heavy atom. The number of alkyl halides is 3. The Morgan fingerprint density at radius 2 is 2.00 bits per heavy atom. The predicted molar refractivity (Wildman–Crippen MR) is 88.0 cm³/mol. The van der Waals surface area contributed by atoms with Crippen LogP contribution >= 0.6 is 0 Å². The van der Waals surface area contributed by atoms with Crippen LogP contribution in [0, 0.1) is 10.1 Å². The van der Waals surface area contributed by atoms with Gasteiger partial charge in [0.05, 0.1) is 23.6 Å². The quantitative estimate of drug-likeness (QED) is 0.447. The molecule has 7 nitrogen and oxygen atoms in total. The van der Waals surface area contributed by atoms with Crippen molar-refractivity contribution in [2.24, 2.45) is 0 Å². The van der Waals surface area contributed by atoms with Gasteiger partial charge in [-0.05, 0) is 25.5 Å². The molecule has 2 rings (SSSR count). The fourth-order valence-electron chi connectivity index (χ4n) is 2.87. The van der Waals surface area contributed by atoms with Gasteiger partial charge < -0.3 is 9.64 Å². The topological polar surface area (TPSA) is 75.9 Å². The predicted octanol–water partition coefficient (Wildman–Crippen LogP) is 2.69. The summed E-state index contributed by atoms with van der Waals surface area (Å²) in [4.78, 5) is 25.6. The van der Waals surface area contributed by atoms with E-state index < -0.39 is 22.4 Å². The summed E-state index contributed by atoms with van der Waals surface area (Å²) in [6.07, 6.45) is -4.02. The first-order chi connectivity index (χ1) is 12.2. The zero-order valence-corrected chi connectivity index (χ0v) is 14.3. The number of halogens is 3. The van der Waals surface area contributed by atoms with Crippen LogP contribution in [0.15, 0.2) is 18.2 Å². The maximum Gasteiger partial charge on any atom is 0.416 e. The van der Waals surface area contributed by atoms with E-state index in [1.54, 1.807) is 11.8 Å². The highest BCUT2D eigenvalue weighted by Gasteiger charge is 2.34. The maximum absolute atomic E-state index is 12.8. The molecule has 1 aromatic rings. The summed E-state index contributed by atoms with van der Waals surface area (Å²) in [6.45, 7) is 4.00. The normalized spacial score (nSPS) is 16.2. The molecular weight excluding hydrogens is 355 g/mol. The average molecular weight is 375 g/mol. The summed E-state index contributed by atoms with van der Waals surface area (Å²) in [5.74, 6) is -0.346. The molecule has 1 saturated heterocycles. The SMILES string of the molecule is CCOC(=O)CN1CCCN(c2ccc(C(F)(F)F)cc2[N+](=O)[O-])CC1. The van der Waals surface area contributed by atoms with E-state index in [0.29, 0.717) is 38.7 Å². The third-order valence-electron chi connectivity index (χ3n) is 4.09. The smallest absolute Gasteiger partial charge is 0.416 e. The summed E-state index contributed by atoms with van der Waals surface area (Å²) < 4.78 is 43.4. The number of esters is 1. The van der Waals surface area contributed by atoms with E-state index in [1.165, 1.54) is 0 Å². The lowest BCUT2D eigenvalue weighted by molar-refractivity contribution is -0.384. The molecule has 0 unspecified atom stereocenters. The van der Waals surface area contributed by atoms with Crippen LogP contribution in [0.25, 0.3) is 0 Å². The number of hydrogen-bond donors (Lipinski definition) is 0. The summed E-state index contributed by atoms with van der Waals surface area (Å²) >= 11 is 0. The van der Waals surface area contributed by atoms with Gasteiger partial charge in [0, 0.05) is 32.2 Å². The molecule has 0 atom stereocenters. The minimum absolute atomic E-state index is 0.122. The lowest BCUT2D eigenvalue weighted by atomic mass is 10.1. The van der Waals surface area contributed by atoms with Gasteiger partial charge in [0.2, 0.25) is 0 Å². The number of ether oxygens (including phenoxy) is 1. The first kappa shape index (κ1) is 20.0. The molecule has 10 heteroatoms. The van der Waals surface area contributed by atoms with Crippen molar-refractivity contribution in [2.75, 3.05) is 44.2 Å². The van der Waals surface area contributed by atoms with Gasteiger partial charge in [-0.2, -0.15) is 13.2 Å². The second kappa shape index (κ2) is 8.35. The van der Waals surface area contributed by atoms with Gasteiger partial charge in [-0.25, -0.2) is 0 Å². The molecule has 144 valence electrons. The van der Waals surface area contributed by atoms with Crippen LogP contribution in [0.2, 0.25) is 0 Å². The highest BCUT2D eigenvalue weighted by Crippen LogP contribution is 2.36. The molecule has 26 heavy (non-hydrogen) atoms. The van der Waals surface area contributed by atoms with E-state index in [2.05, 4.69) is 0 Å². The van der Waals surface area contributed by atoms with Crippen LogP contribution in [0.4, 0.5) is 24.5 Å². The van der Waals surface area contributed by atoms with Gasteiger partial charge in [-0.1, -0.05) is 0 Å². The van der Waals surface area contributed by atoms with Crippen molar-refractivity contribution in [3.05, 3.63) is 33.9 Å². The molecule has 0 spiro atoms. The molecule has 0 amide bonds. The highest BCUT2D eigenvalue weighted by molar-refractivity contribution is 5.71. The lowest BCUT2D eigenvalue weighted by Gasteiger charge is -2.23. The minimum Gasteiger partial charge on any atom is -0.465 e. The fourth-order valence-corrected chi connectivity index (χ4v) is 2.87. The molecule has 1 heterocycles. The Labute approximate surface area is 148 Å². The van der Waals surface area contributed by atoms with Crippen molar-refractivity contribution in [1.82, 2.24) is 4.90 Å². The number of benzene rings is 1. The van der Waals surface area contributed by atoms with Crippen LogP contribution < -0.4 is 4.90 Å². The molecule has 1 aliphatic rings. The third-order valence-corrected chi connectivity index (χ3v) is 4.09. The van der Waals surface area contributed by atoms with Gasteiger partial charge in [-0.15, -0.1) is 0 Å². The molecule has 0 N–H and O–H groups in total. The zero-order chi connectivity index (χ0) is 19.3. The lowest BCUT2D eigenvalue weighted by Crippen LogP contribution is -2.35. The molecule has 0 aromatic heterocycles. The number of hydrogen-bond acceptors (Lipinski definition) is 6. The zero-order valence-electron chi connectivity index (χ0n) is 14.3. The molecule has 0 saturated carbocycles. The summed E-state index contributed by atoms with van der Waals surface area (Å²) in [5.41, 5.74) is -1.47. The first-order valence-electron chi connectivity index (χ1n) is 8.21. The van der Waals surface area contributed by atoms with E-state index in [9.17, 15) is 28.1 Å². The van der Waals surface area contributed by atoms with Crippen LogP contribution in [0.3, 0.4) is 0 Å². The molecule has 1 fully saturated rings. The second-order valence-corrected chi connectivity index (χ2v) is 5.88. The largest absolute Gasteiger partial charge is 0.465 e. The number of carbonyl (C=O) groups is 1. The molecular formula is C16H20F3N3O4. The van der Waals surface area contributed by atoms with E-state index in [1.807, 2.05) is 4.90 Å². The maximum atomic E-state index is 12.8. The van der Waals surface area contributed by atoms with E-state index in [-0.39, 0.29) is 24.8 Å². The van der Waals surface area contributed by atoms with Crippen molar-refractivity contribution >= 4 is 17.3 Å². The minimum atomic E-state index is -4.64. The summed E-state index contributed by atoms with van der Waals surface area (Å²) in [7, 11) is 0. The molecule has 0 aliphatic carbocycles. The van der Waals surface area contributed by atoms with E-state index in [4.69, 9.17) is 4.74 Å². The third kappa shape index (κ3) is 5.07. The van der Waals surface area contributed by atoms with Crippen molar-refractivity contribution < 1.29 is 27.6 Å². The second-order valence-electron chi connectivity index (χ2n) is 5.88. The van der Waals surface area contributed by atoms with Crippen molar-refractivity contribution in [2.45, 2.75) is 19.5 Å². The Kier molecular flexibility index (Phi) is 6.41. The van der Waals surface area contributed by atoms with Gasteiger partial charge in [0.1, 0.15) is 5.69 Å². The van der Waals surface area contributed by atoms with E-state index >= 15 is 0 Å². The van der Waals surface area contributed by atoms with Gasteiger partial charge in [0.15, 0.2) is 0 Å². The molecule has 0 radical (unpaired) electrons.